The zero-order chi connectivity index (χ0) is 19.4. The fraction of sp³-hybridized carbons (Fsp3) is 0.235. The van der Waals surface area contributed by atoms with E-state index in [2.05, 4.69) is 20.6 Å². The molecule has 8 nitrogen and oxygen atoms in total. The molecule has 0 radical (unpaired) electrons. The number of nitrogens with one attached hydrogen (secondary N) is 2. The molecule has 0 aliphatic rings. The first kappa shape index (κ1) is 19.2. The molecule has 0 unspecified atom stereocenters. The van der Waals surface area contributed by atoms with Gasteiger partial charge in [0, 0.05) is 18.8 Å². The Hall–Kier alpha value is -2.55. The summed E-state index contributed by atoms with van der Waals surface area (Å²) in [7, 11) is 3.90. The Morgan fingerprint density at radius 1 is 1.30 bits per heavy atom. The van der Waals surface area contributed by atoms with Crippen LogP contribution in [0.5, 0.6) is 5.75 Å². The number of anilines is 1. The summed E-state index contributed by atoms with van der Waals surface area (Å²) in [6, 6.07) is 8.45. The highest BCUT2D eigenvalue weighted by Gasteiger charge is 2.13. The van der Waals surface area contributed by atoms with Crippen molar-refractivity contribution in [1.82, 2.24) is 24.9 Å². The normalized spacial score (nSPS) is 11.0. The van der Waals surface area contributed by atoms with Gasteiger partial charge in [-0.15, -0.1) is 0 Å². The molecule has 10 heteroatoms. The highest BCUT2D eigenvalue weighted by molar-refractivity contribution is 6.37. The highest BCUT2D eigenvalue weighted by atomic mass is 35.5. The van der Waals surface area contributed by atoms with Crippen molar-refractivity contribution in [3.8, 4) is 5.75 Å². The molecule has 3 aromatic rings. The van der Waals surface area contributed by atoms with E-state index >= 15 is 0 Å². The minimum Gasteiger partial charge on any atom is -0.468 e. The van der Waals surface area contributed by atoms with Crippen molar-refractivity contribution in [2.45, 2.75) is 13.3 Å². The molecule has 0 fully saturated rings. The Labute approximate surface area is 166 Å². The van der Waals surface area contributed by atoms with Gasteiger partial charge in [-0.25, -0.2) is 4.68 Å². The smallest absolute Gasteiger partial charge is 0.277 e. The van der Waals surface area contributed by atoms with Gasteiger partial charge in [0.05, 0.1) is 15.7 Å². The lowest BCUT2D eigenvalue weighted by atomic mass is 10.3. The van der Waals surface area contributed by atoms with Crippen LogP contribution in [0.4, 0.5) is 5.82 Å². The second kappa shape index (κ2) is 8.43. The van der Waals surface area contributed by atoms with Crippen LogP contribution < -0.4 is 10.1 Å². The summed E-state index contributed by atoms with van der Waals surface area (Å²) >= 11 is 12.1. The fourth-order valence-corrected chi connectivity index (χ4v) is 2.84. The zero-order valence-corrected chi connectivity index (χ0v) is 16.3. The first-order valence-corrected chi connectivity index (χ1v) is 8.78. The molecule has 0 atom stereocenters. The van der Waals surface area contributed by atoms with E-state index in [4.69, 9.17) is 27.9 Å². The van der Waals surface area contributed by atoms with Crippen molar-refractivity contribution in [1.29, 1.82) is 0 Å². The van der Waals surface area contributed by atoms with Crippen molar-refractivity contribution >= 4 is 34.9 Å². The minimum atomic E-state index is -0.368. The molecule has 0 aliphatic heterocycles. The lowest BCUT2D eigenvalue weighted by molar-refractivity contribution is 0.102. The molecule has 1 aromatic carbocycles. The van der Waals surface area contributed by atoms with Crippen LogP contribution in [0.1, 0.15) is 16.2 Å². The maximum Gasteiger partial charge on any atom is 0.277 e. The number of benzene rings is 1. The molecule has 3 rings (SSSR count). The third-order valence-corrected chi connectivity index (χ3v) is 4.09. The van der Waals surface area contributed by atoms with Gasteiger partial charge in [0.1, 0.15) is 0 Å². The molecular weight excluding hydrogens is 391 g/mol. The molecule has 0 aliphatic carbocycles. The van der Waals surface area contributed by atoms with Gasteiger partial charge in [-0.2, -0.15) is 10.2 Å². The number of halogens is 2. The Bertz CT molecular complexity index is 917. The number of H-pyrrole nitrogens is 1. The van der Waals surface area contributed by atoms with Crippen LogP contribution in [0.3, 0.4) is 0 Å². The topological polar surface area (TPSA) is 88.1 Å². The molecule has 27 heavy (non-hydrogen) atoms. The molecule has 2 N–H and O–H groups in total. The summed E-state index contributed by atoms with van der Waals surface area (Å²) < 4.78 is 7.06. The summed E-state index contributed by atoms with van der Waals surface area (Å²) in [6.45, 7) is 0.756. The van der Waals surface area contributed by atoms with Gasteiger partial charge in [-0.1, -0.05) is 29.3 Å². The van der Waals surface area contributed by atoms with Crippen molar-refractivity contribution in [3.05, 3.63) is 58.0 Å². The lowest BCUT2D eigenvalue weighted by Gasteiger charge is -2.09. The average molecular weight is 409 g/mol. The predicted octanol–water partition coefficient (Wildman–Crippen LogP) is 3.26. The third kappa shape index (κ3) is 5.00. The number of amides is 1. The maximum absolute atomic E-state index is 12.3. The highest BCUT2D eigenvalue weighted by Crippen LogP contribution is 2.32. The largest absolute Gasteiger partial charge is 0.468 e. The number of hydrogen-bond donors (Lipinski definition) is 2. The van der Waals surface area contributed by atoms with Crippen LogP contribution in [-0.4, -0.2) is 44.9 Å². The summed E-state index contributed by atoms with van der Waals surface area (Å²) in [5, 5.41) is 14.6. The van der Waals surface area contributed by atoms with Crippen molar-refractivity contribution < 1.29 is 9.53 Å². The van der Waals surface area contributed by atoms with Crippen molar-refractivity contribution in [2.75, 3.05) is 19.4 Å². The molecular formula is C17H18Cl2N6O2. The van der Waals surface area contributed by atoms with Crippen molar-refractivity contribution in [2.24, 2.45) is 0 Å². The molecule has 0 saturated heterocycles. The Balaban J connectivity index is 1.60. The van der Waals surface area contributed by atoms with E-state index in [0.29, 0.717) is 28.2 Å². The summed E-state index contributed by atoms with van der Waals surface area (Å²) in [6.07, 6.45) is 1.63. The maximum atomic E-state index is 12.3. The van der Waals surface area contributed by atoms with E-state index < -0.39 is 0 Å². The number of carbonyl (C=O) groups is 1. The fourth-order valence-electron chi connectivity index (χ4n) is 2.33. The van der Waals surface area contributed by atoms with Crippen LogP contribution in [0.15, 0.2) is 36.5 Å². The molecule has 1 amide bonds. The van der Waals surface area contributed by atoms with E-state index in [0.717, 1.165) is 5.69 Å². The minimum absolute atomic E-state index is 0.0616. The Morgan fingerprint density at radius 3 is 2.74 bits per heavy atom. The SMILES string of the molecule is CN(C)Cc1cc(NC(=O)c2ccn(COc3c(Cl)cccc3Cl)n2)n[nH]1. The molecule has 0 spiro atoms. The Kier molecular flexibility index (Phi) is 6.00. The molecule has 142 valence electrons. The Morgan fingerprint density at radius 2 is 2.04 bits per heavy atom. The second-order valence-electron chi connectivity index (χ2n) is 6.03. The molecule has 2 aromatic heterocycles. The summed E-state index contributed by atoms with van der Waals surface area (Å²) in [5.41, 5.74) is 1.13. The average Bonchev–Trinajstić information content (AvgIpc) is 3.23. The number of aromatic nitrogens is 4. The van der Waals surface area contributed by atoms with Gasteiger partial charge < -0.3 is 15.0 Å². The van der Waals surface area contributed by atoms with Gasteiger partial charge in [-0.05, 0) is 32.3 Å². The summed E-state index contributed by atoms with van der Waals surface area (Å²) in [5.74, 6) is 0.435. The van der Waals surface area contributed by atoms with Crippen LogP contribution in [0.25, 0.3) is 0 Å². The van der Waals surface area contributed by atoms with Gasteiger partial charge in [0.15, 0.2) is 24.0 Å². The monoisotopic (exact) mass is 408 g/mol. The van der Waals surface area contributed by atoms with Crippen LogP contribution in [0, 0.1) is 0 Å². The van der Waals surface area contributed by atoms with Crippen LogP contribution in [-0.2, 0) is 13.3 Å². The zero-order valence-electron chi connectivity index (χ0n) is 14.7. The second-order valence-corrected chi connectivity index (χ2v) is 6.85. The summed E-state index contributed by atoms with van der Waals surface area (Å²) in [4.78, 5) is 14.3. The van der Waals surface area contributed by atoms with E-state index in [1.54, 1.807) is 36.5 Å². The first-order valence-electron chi connectivity index (χ1n) is 8.03. The van der Waals surface area contributed by atoms with E-state index in [9.17, 15) is 4.79 Å². The number of nitrogens with zero attached hydrogens (tertiary/aromatic N) is 4. The predicted molar refractivity (Wildman–Crippen MR) is 103 cm³/mol. The van der Waals surface area contributed by atoms with Crippen LogP contribution >= 0.6 is 23.2 Å². The number of para-hydroxylation sites is 1. The van der Waals surface area contributed by atoms with E-state index in [-0.39, 0.29) is 18.3 Å². The number of ether oxygens (including phenoxy) is 1. The lowest BCUT2D eigenvalue weighted by Crippen LogP contribution is -2.14. The number of rotatable bonds is 7. The standard InChI is InChI=1S/C17H18Cl2N6O2/c1-24(2)9-11-8-15(22-21-11)20-17(26)14-6-7-25(23-14)10-27-16-12(18)4-3-5-13(16)19/h3-8H,9-10H2,1-2H3,(H2,20,21,22,26). The van der Waals surface area contributed by atoms with E-state index in [1.807, 2.05) is 19.0 Å². The van der Waals surface area contributed by atoms with Gasteiger partial charge >= 0.3 is 0 Å². The van der Waals surface area contributed by atoms with E-state index in [1.165, 1.54) is 4.68 Å². The number of carbonyl (C=O) groups excluding carboxylic acids is 1. The molecule has 0 saturated carbocycles. The third-order valence-electron chi connectivity index (χ3n) is 3.49. The quantitative estimate of drug-likeness (QED) is 0.626. The van der Waals surface area contributed by atoms with Gasteiger partial charge in [0.25, 0.3) is 5.91 Å². The van der Waals surface area contributed by atoms with Gasteiger partial charge in [-0.3, -0.25) is 9.89 Å². The van der Waals surface area contributed by atoms with Crippen LogP contribution in [0.2, 0.25) is 10.0 Å². The number of hydrogen-bond acceptors (Lipinski definition) is 5. The van der Waals surface area contributed by atoms with Crippen molar-refractivity contribution in [3.63, 3.8) is 0 Å². The molecule has 2 heterocycles. The van der Waals surface area contributed by atoms with Gasteiger partial charge in [0.2, 0.25) is 0 Å². The first-order chi connectivity index (χ1) is 12.9. The number of aromatic amines is 1. The molecule has 0 bridgehead atoms.